The Morgan fingerprint density at radius 1 is 0.974 bits per heavy atom. The van der Waals surface area contributed by atoms with E-state index in [9.17, 15) is 4.79 Å². The van der Waals surface area contributed by atoms with Gasteiger partial charge in [0.15, 0.2) is 6.54 Å². The smallest absolute Gasteiger partial charge is 0.268 e. The number of aromatic nitrogens is 2. The molecule has 39 heavy (non-hydrogen) atoms. The fourth-order valence-corrected chi connectivity index (χ4v) is 5.38. The highest BCUT2D eigenvalue weighted by Crippen LogP contribution is 2.31. The lowest BCUT2D eigenvalue weighted by Gasteiger charge is -2.21. The Hall–Kier alpha value is -2.25. The Morgan fingerprint density at radius 2 is 1.62 bits per heavy atom. The average Bonchev–Trinajstić information content (AvgIpc) is 3.29. The predicted octanol–water partition coefficient (Wildman–Crippen LogP) is 4.63. The molecule has 0 radical (unpaired) electrons. The van der Waals surface area contributed by atoms with Crippen LogP contribution in [0, 0.1) is 13.8 Å². The maximum atomic E-state index is 13.1. The van der Waals surface area contributed by atoms with Crippen LogP contribution in [0.15, 0.2) is 73.3 Å². The van der Waals surface area contributed by atoms with Crippen molar-refractivity contribution in [2.75, 3.05) is 11.9 Å². The SMILES string of the molecule is Cc1cccc(C)c1N(C)C(=O)C[n+]1ccn(CC(OCc2ccc(Cl)cc2Cl)c2ccc(Cl)cc2Cl)c1.[Cl-]. The molecule has 0 N–H and O–H groups in total. The van der Waals surface area contributed by atoms with Gasteiger partial charge in [-0.15, -0.1) is 0 Å². The van der Waals surface area contributed by atoms with Crippen LogP contribution in [0.25, 0.3) is 0 Å². The molecule has 5 nitrogen and oxygen atoms in total. The van der Waals surface area contributed by atoms with E-state index < -0.39 is 6.10 Å². The maximum Gasteiger partial charge on any atom is 0.268 e. The lowest BCUT2D eigenvalue weighted by atomic mass is 10.1. The van der Waals surface area contributed by atoms with Crippen molar-refractivity contribution in [2.24, 2.45) is 0 Å². The molecule has 0 aliphatic heterocycles. The number of imidazole rings is 1. The second-order valence-electron chi connectivity index (χ2n) is 9.18. The summed E-state index contributed by atoms with van der Waals surface area (Å²) in [6, 6.07) is 16.7. The van der Waals surface area contributed by atoms with Gasteiger partial charge in [-0.3, -0.25) is 4.79 Å². The predicted molar refractivity (Wildman–Crippen MR) is 154 cm³/mol. The standard InChI is InChI=1S/C29H28Cl4N3O2.ClH/c1-19-5-4-6-20(2)29(19)34(3)28(37)16-36-12-11-35(18-36)15-27(24-10-9-23(31)14-26(24)33)38-17-21-7-8-22(30)13-25(21)32;/h4-14,18,27H,15-17H2,1-3H3;1H/q+1;/p-1. The molecule has 0 spiro atoms. The number of rotatable bonds is 9. The molecule has 1 unspecified atom stereocenters. The highest BCUT2D eigenvalue weighted by molar-refractivity contribution is 6.35. The first-order valence-electron chi connectivity index (χ1n) is 12.0. The number of hydrogen-bond acceptors (Lipinski definition) is 2. The lowest BCUT2D eigenvalue weighted by molar-refractivity contribution is -0.683. The van der Waals surface area contributed by atoms with Crippen LogP contribution in [0.5, 0.6) is 0 Å². The average molecular weight is 628 g/mol. The van der Waals surface area contributed by atoms with E-state index in [4.69, 9.17) is 51.1 Å². The van der Waals surface area contributed by atoms with Crippen LogP contribution in [0.4, 0.5) is 5.69 Å². The number of likely N-dealkylation sites (N-methyl/N-ethyl adjacent to an activating group) is 1. The van der Waals surface area contributed by atoms with Gasteiger partial charge in [-0.05, 0) is 54.8 Å². The van der Waals surface area contributed by atoms with E-state index >= 15 is 0 Å². The van der Waals surface area contributed by atoms with Crippen molar-refractivity contribution in [3.8, 4) is 0 Å². The fourth-order valence-electron chi connectivity index (χ4n) is 4.39. The summed E-state index contributed by atoms with van der Waals surface area (Å²) < 4.78 is 10.1. The van der Waals surface area contributed by atoms with E-state index in [0.717, 1.165) is 27.9 Å². The minimum atomic E-state index is -0.402. The summed E-state index contributed by atoms with van der Waals surface area (Å²) in [5.41, 5.74) is 4.67. The number of hydrogen-bond donors (Lipinski definition) is 0. The van der Waals surface area contributed by atoms with Crippen molar-refractivity contribution < 1.29 is 26.5 Å². The summed E-state index contributed by atoms with van der Waals surface area (Å²) in [5, 5.41) is 2.15. The molecule has 1 atom stereocenters. The van der Waals surface area contributed by atoms with E-state index in [1.165, 1.54) is 0 Å². The zero-order valence-corrected chi connectivity index (χ0v) is 25.5. The first-order valence-corrected chi connectivity index (χ1v) is 13.5. The Kier molecular flexibility index (Phi) is 11.1. The molecular formula is C29H28Cl5N3O2. The van der Waals surface area contributed by atoms with Gasteiger partial charge >= 0.3 is 0 Å². The molecule has 1 aromatic heterocycles. The molecule has 0 saturated heterocycles. The third kappa shape index (κ3) is 7.91. The van der Waals surface area contributed by atoms with Gasteiger partial charge < -0.3 is 22.0 Å². The van der Waals surface area contributed by atoms with Crippen molar-refractivity contribution in [1.29, 1.82) is 0 Å². The van der Waals surface area contributed by atoms with Crippen LogP contribution < -0.4 is 21.9 Å². The van der Waals surface area contributed by atoms with Crippen LogP contribution in [0.1, 0.15) is 28.4 Å². The molecule has 0 bridgehead atoms. The number of anilines is 1. The molecule has 1 amide bonds. The minimum absolute atomic E-state index is 0. The van der Waals surface area contributed by atoms with Gasteiger partial charge in [-0.25, -0.2) is 9.13 Å². The number of para-hydroxylation sites is 1. The van der Waals surface area contributed by atoms with Crippen LogP contribution >= 0.6 is 46.4 Å². The van der Waals surface area contributed by atoms with Gasteiger partial charge in [0.25, 0.3) is 5.91 Å². The summed E-state index contributed by atoms with van der Waals surface area (Å²) in [5.74, 6) is -0.0175. The third-order valence-corrected chi connectivity index (χ3v) is 7.50. The maximum absolute atomic E-state index is 13.1. The number of carbonyl (C=O) groups excluding carboxylic acids is 1. The molecule has 4 rings (SSSR count). The van der Waals surface area contributed by atoms with Crippen LogP contribution in [-0.2, 0) is 29.2 Å². The molecule has 1 heterocycles. The highest BCUT2D eigenvalue weighted by Gasteiger charge is 2.22. The van der Waals surface area contributed by atoms with Gasteiger partial charge in [0.05, 0.1) is 6.61 Å². The van der Waals surface area contributed by atoms with E-state index in [2.05, 4.69) is 0 Å². The Morgan fingerprint density at radius 3 is 2.26 bits per heavy atom. The zero-order valence-electron chi connectivity index (χ0n) is 21.7. The summed E-state index contributed by atoms with van der Waals surface area (Å²) in [6.07, 6.45) is 5.25. The molecular weight excluding hydrogens is 600 g/mol. The number of carbonyl (C=O) groups is 1. The largest absolute Gasteiger partial charge is 1.00 e. The van der Waals surface area contributed by atoms with E-state index in [1.807, 2.05) is 79.1 Å². The first-order chi connectivity index (χ1) is 18.1. The number of aryl methyl sites for hydroxylation is 2. The second kappa shape index (κ2) is 13.9. The Labute approximate surface area is 255 Å². The molecule has 4 aromatic rings. The number of ether oxygens (including phenoxy) is 1. The molecule has 3 aromatic carbocycles. The van der Waals surface area contributed by atoms with Crippen LogP contribution in [0.3, 0.4) is 0 Å². The van der Waals surface area contributed by atoms with Crippen molar-refractivity contribution >= 4 is 58.0 Å². The Balaban J connectivity index is 0.00000420. The van der Waals surface area contributed by atoms with E-state index in [0.29, 0.717) is 26.6 Å². The number of halogens is 5. The Bertz CT molecular complexity index is 1440. The summed E-state index contributed by atoms with van der Waals surface area (Å²) in [7, 11) is 1.81. The van der Waals surface area contributed by atoms with Crippen molar-refractivity contribution in [2.45, 2.75) is 39.6 Å². The number of nitrogens with zero attached hydrogens (tertiary/aromatic N) is 3. The van der Waals surface area contributed by atoms with Crippen LogP contribution in [-0.4, -0.2) is 17.5 Å². The molecule has 10 heteroatoms. The van der Waals surface area contributed by atoms with Gasteiger partial charge in [0.1, 0.15) is 25.0 Å². The zero-order chi connectivity index (χ0) is 27.4. The van der Waals surface area contributed by atoms with Gasteiger partial charge in [-0.1, -0.05) is 76.7 Å². The minimum Gasteiger partial charge on any atom is -1.00 e. The number of benzene rings is 3. The molecule has 0 aliphatic carbocycles. The summed E-state index contributed by atoms with van der Waals surface area (Å²) in [6.45, 7) is 4.94. The second-order valence-corrected chi connectivity index (χ2v) is 10.9. The molecule has 206 valence electrons. The molecule has 0 saturated carbocycles. The summed E-state index contributed by atoms with van der Waals surface area (Å²) in [4.78, 5) is 14.8. The first kappa shape index (κ1) is 31.3. The fraction of sp³-hybridized carbons (Fsp3) is 0.241. The van der Waals surface area contributed by atoms with Crippen molar-refractivity contribution in [1.82, 2.24) is 4.57 Å². The lowest BCUT2D eigenvalue weighted by Crippen LogP contribution is -3.00. The molecule has 0 fully saturated rings. The monoisotopic (exact) mass is 625 g/mol. The van der Waals surface area contributed by atoms with Gasteiger partial charge in [0, 0.05) is 38.4 Å². The van der Waals surface area contributed by atoms with Crippen molar-refractivity contribution in [3.05, 3.63) is 116 Å². The normalized spacial score (nSPS) is 11.7. The topological polar surface area (TPSA) is 38.4 Å². The molecule has 0 aliphatic rings. The van der Waals surface area contributed by atoms with Crippen LogP contribution in [0.2, 0.25) is 20.1 Å². The van der Waals surface area contributed by atoms with E-state index in [1.54, 1.807) is 29.2 Å². The summed E-state index contributed by atoms with van der Waals surface area (Å²) >= 11 is 25.1. The number of amides is 1. The van der Waals surface area contributed by atoms with E-state index in [-0.39, 0.29) is 31.5 Å². The van der Waals surface area contributed by atoms with Gasteiger partial charge in [0.2, 0.25) is 6.33 Å². The van der Waals surface area contributed by atoms with Crippen molar-refractivity contribution in [3.63, 3.8) is 0 Å². The van der Waals surface area contributed by atoms with Gasteiger partial charge in [-0.2, -0.15) is 0 Å². The third-order valence-electron chi connectivity index (χ3n) is 6.35. The highest BCUT2D eigenvalue weighted by atomic mass is 35.5. The quantitative estimate of drug-likeness (QED) is 0.254.